The summed E-state index contributed by atoms with van der Waals surface area (Å²) in [5, 5.41) is 4.55. The number of hydrogen-bond acceptors (Lipinski definition) is 3. The molecule has 1 N–H and O–H groups in total. The standard InChI is InChI=1S/C20H19ClN2O2/c1-12(14-4-6-16(21)7-5-14)23-20(24)18-11-15-10-17(25-3)8-9-19(15)22-13(18)2/h4-12H,1-3H3,(H,23,24). The Kier molecular flexibility index (Phi) is 4.91. The van der Waals surface area contributed by atoms with Crippen LogP contribution in [0.3, 0.4) is 0 Å². The minimum Gasteiger partial charge on any atom is -0.497 e. The third-order valence-electron chi connectivity index (χ3n) is 4.17. The molecule has 1 unspecified atom stereocenters. The number of carbonyl (C=O) groups excluding carboxylic acids is 1. The highest BCUT2D eigenvalue weighted by molar-refractivity contribution is 6.30. The van der Waals surface area contributed by atoms with Crippen LogP contribution in [0.25, 0.3) is 10.9 Å². The molecule has 25 heavy (non-hydrogen) atoms. The molecule has 0 saturated heterocycles. The summed E-state index contributed by atoms with van der Waals surface area (Å²) < 4.78 is 5.25. The van der Waals surface area contributed by atoms with Crippen molar-refractivity contribution in [3.63, 3.8) is 0 Å². The maximum atomic E-state index is 12.7. The predicted octanol–water partition coefficient (Wildman–Crippen LogP) is 4.70. The summed E-state index contributed by atoms with van der Waals surface area (Å²) in [4.78, 5) is 17.2. The molecular weight excluding hydrogens is 336 g/mol. The third kappa shape index (κ3) is 3.74. The highest BCUT2D eigenvalue weighted by atomic mass is 35.5. The summed E-state index contributed by atoms with van der Waals surface area (Å²) in [6.45, 7) is 3.78. The predicted molar refractivity (Wildman–Crippen MR) is 100 cm³/mol. The van der Waals surface area contributed by atoms with E-state index >= 15 is 0 Å². The van der Waals surface area contributed by atoms with E-state index in [9.17, 15) is 4.79 Å². The SMILES string of the molecule is COc1ccc2nc(C)c(C(=O)NC(C)c3ccc(Cl)cc3)cc2c1. The molecule has 128 valence electrons. The molecule has 1 atom stereocenters. The lowest BCUT2D eigenvalue weighted by atomic mass is 10.1. The number of pyridine rings is 1. The van der Waals surface area contributed by atoms with Gasteiger partial charge in [-0.25, -0.2) is 0 Å². The van der Waals surface area contributed by atoms with Crippen molar-refractivity contribution in [1.29, 1.82) is 0 Å². The van der Waals surface area contributed by atoms with Crippen LogP contribution in [0.15, 0.2) is 48.5 Å². The van der Waals surface area contributed by atoms with Gasteiger partial charge in [0.1, 0.15) is 5.75 Å². The van der Waals surface area contributed by atoms with Gasteiger partial charge in [0.25, 0.3) is 5.91 Å². The van der Waals surface area contributed by atoms with E-state index in [0.717, 1.165) is 22.2 Å². The fraction of sp³-hybridized carbons (Fsp3) is 0.200. The highest BCUT2D eigenvalue weighted by Crippen LogP contribution is 2.23. The number of ether oxygens (including phenoxy) is 1. The van der Waals surface area contributed by atoms with Crippen molar-refractivity contribution in [2.24, 2.45) is 0 Å². The normalized spacial score (nSPS) is 12.0. The van der Waals surface area contributed by atoms with Gasteiger partial charge in [-0.2, -0.15) is 0 Å². The molecule has 2 aromatic carbocycles. The van der Waals surface area contributed by atoms with Gasteiger partial charge in [-0.3, -0.25) is 9.78 Å². The van der Waals surface area contributed by atoms with Gasteiger partial charge >= 0.3 is 0 Å². The maximum absolute atomic E-state index is 12.7. The van der Waals surface area contributed by atoms with E-state index in [1.54, 1.807) is 7.11 Å². The summed E-state index contributed by atoms with van der Waals surface area (Å²) >= 11 is 5.91. The van der Waals surface area contributed by atoms with Crippen molar-refractivity contribution in [3.8, 4) is 5.75 Å². The summed E-state index contributed by atoms with van der Waals surface area (Å²) in [6, 6.07) is 14.8. The first kappa shape index (κ1) is 17.2. The first-order valence-corrected chi connectivity index (χ1v) is 8.37. The molecule has 5 heteroatoms. The van der Waals surface area contributed by atoms with E-state index in [2.05, 4.69) is 10.3 Å². The van der Waals surface area contributed by atoms with Crippen molar-refractivity contribution >= 4 is 28.4 Å². The molecule has 4 nitrogen and oxygen atoms in total. The summed E-state index contributed by atoms with van der Waals surface area (Å²) in [6.07, 6.45) is 0. The first-order chi connectivity index (χ1) is 12.0. The van der Waals surface area contributed by atoms with Crippen molar-refractivity contribution in [1.82, 2.24) is 10.3 Å². The number of hydrogen-bond donors (Lipinski definition) is 1. The zero-order valence-corrected chi connectivity index (χ0v) is 15.1. The van der Waals surface area contributed by atoms with E-state index in [1.165, 1.54) is 0 Å². The van der Waals surface area contributed by atoms with Gasteiger partial charge in [0.05, 0.1) is 29.9 Å². The lowest BCUT2D eigenvalue weighted by molar-refractivity contribution is 0.0939. The number of rotatable bonds is 4. The van der Waals surface area contributed by atoms with Crippen LogP contribution in [0.1, 0.15) is 34.6 Å². The Labute approximate surface area is 151 Å². The summed E-state index contributed by atoms with van der Waals surface area (Å²) in [5.74, 6) is 0.580. The van der Waals surface area contributed by atoms with Crippen molar-refractivity contribution < 1.29 is 9.53 Å². The molecule has 3 aromatic rings. The molecule has 0 radical (unpaired) electrons. The number of aryl methyl sites for hydroxylation is 1. The number of methoxy groups -OCH3 is 1. The average molecular weight is 355 g/mol. The van der Waals surface area contributed by atoms with Gasteiger partial charge < -0.3 is 10.1 Å². The number of nitrogens with one attached hydrogen (secondary N) is 1. The number of fused-ring (bicyclic) bond motifs is 1. The molecule has 0 spiro atoms. The van der Waals surface area contributed by atoms with E-state index in [4.69, 9.17) is 16.3 Å². The van der Waals surface area contributed by atoms with Crippen LogP contribution in [0.2, 0.25) is 5.02 Å². The number of aromatic nitrogens is 1. The Morgan fingerprint density at radius 2 is 1.88 bits per heavy atom. The van der Waals surface area contributed by atoms with Gasteiger partial charge in [-0.05, 0) is 55.8 Å². The van der Waals surface area contributed by atoms with Gasteiger partial charge in [0.2, 0.25) is 0 Å². The zero-order valence-electron chi connectivity index (χ0n) is 14.3. The zero-order chi connectivity index (χ0) is 18.0. The largest absolute Gasteiger partial charge is 0.497 e. The van der Waals surface area contributed by atoms with E-state index in [1.807, 2.05) is 62.4 Å². The second kappa shape index (κ2) is 7.11. The number of carbonyl (C=O) groups is 1. The van der Waals surface area contributed by atoms with Gasteiger partial charge in [-0.1, -0.05) is 23.7 Å². The fourth-order valence-electron chi connectivity index (χ4n) is 2.72. The van der Waals surface area contributed by atoms with Crippen LogP contribution < -0.4 is 10.1 Å². The molecule has 0 bridgehead atoms. The van der Waals surface area contributed by atoms with E-state index in [0.29, 0.717) is 16.3 Å². The molecule has 0 fully saturated rings. The molecule has 0 aliphatic rings. The van der Waals surface area contributed by atoms with Crippen molar-refractivity contribution in [3.05, 3.63) is 70.4 Å². The Balaban J connectivity index is 1.88. The Hall–Kier alpha value is -2.59. The lowest BCUT2D eigenvalue weighted by Gasteiger charge is -2.16. The number of amides is 1. The van der Waals surface area contributed by atoms with Crippen LogP contribution in [0.4, 0.5) is 0 Å². The van der Waals surface area contributed by atoms with Crippen molar-refractivity contribution in [2.75, 3.05) is 7.11 Å². The monoisotopic (exact) mass is 354 g/mol. The third-order valence-corrected chi connectivity index (χ3v) is 4.43. The maximum Gasteiger partial charge on any atom is 0.253 e. The van der Waals surface area contributed by atoms with Crippen molar-refractivity contribution in [2.45, 2.75) is 19.9 Å². The smallest absolute Gasteiger partial charge is 0.253 e. The first-order valence-electron chi connectivity index (χ1n) is 7.99. The van der Waals surface area contributed by atoms with Crippen LogP contribution >= 0.6 is 11.6 Å². The van der Waals surface area contributed by atoms with Gasteiger partial charge in [-0.15, -0.1) is 0 Å². The fourth-order valence-corrected chi connectivity index (χ4v) is 2.84. The van der Waals surface area contributed by atoms with Crippen LogP contribution in [-0.2, 0) is 0 Å². The summed E-state index contributed by atoms with van der Waals surface area (Å²) in [5.41, 5.74) is 3.08. The minimum atomic E-state index is -0.155. The lowest BCUT2D eigenvalue weighted by Crippen LogP contribution is -2.27. The Morgan fingerprint density at radius 1 is 1.16 bits per heavy atom. The minimum absolute atomic E-state index is 0.134. The molecular formula is C20H19ClN2O2. The van der Waals surface area contributed by atoms with Gasteiger partial charge in [0.15, 0.2) is 0 Å². The van der Waals surface area contributed by atoms with Crippen LogP contribution in [-0.4, -0.2) is 18.0 Å². The Bertz CT molecular complexity index is 923. The Morgan fingerprint density at radius 3 is 2.56 bits per heavy atom. The number of nitrogens with zero attached hydrogens (tertiary/aromatic N) is 1. The molecule has 0 aliphatic carbocycles. The molecule has 3 rings (SSSR count). The molecule has 0 aliphatic heterocycles. The van der Waals surface area contributed by atoms with Crippen LogP contribution in [0, 0.1) is 6.92 Å². The second-order valence-electron chi connectivity index (χ2n) is 5.93. The second-order valence-corrected chi connectivity index (χ2v) is 6.36. The summed E-state index contributed by atoms with van der Waals surface area (Å²) in [7, 11) is 1.62. The van der Waals surface area contributed by atoms with Gasteiger partial charge in [0, 0.05) is 10.4 Å². The molecule has 1 amide bonds. The molecule has 0 saturated carbocycles. The van der Waals surface area contributed by atoms with E-state index in [-0.39, 0.29) is 11.9 Å². The highest BCUT2D eigenvalue weighted by Gasteiger charge is 2.15. The topological polar surface area (TPSA) is 51.2 Å². The number of halogens is 1. The average Bonchev–Trinajstić information content (AvgIpc) is 2.61. The number of benzene rings is 2. The van der Waals surface area contributed by atoms with Crippen LogP contribution in [0.5, 0.6) is 5.75 Å². The molecule has 1 aromatic heterocycles. The quantitative estimate of drug-likeness (QED) is 0.739. The molecule has 1 heterocycles. The van der Waals surface area contributed by atoms with E-state index < -0.39 is 0 Å².